The minimum Gasteiger partial charge on any atom is -0.497 e. The van der Waals surface area contributed by atoms with Crippen LogP contribution in [0.1, 0.15) is 59.3 Å². The number of ether oxygens (including phenoxy) is 1. The predicted molar refractivity (Wildman–Crippen MR) is 125 cm³/mol. The number of rotatable bonds is 13. The Morgan fingerprint density at radius 1 is 1.04 bits per heavy atom. The zero-order chi connectivity index (χ0) is 20.7. The van der Waals surface area contributed by atoms with E-state index in [4.69, 9.17) is 9.16 Å². The Balaban J connectivity index is 1.49. The number of thioether (sulfide) groups is 1. The average molecular weight is 424 g/mol. The predicted octanol–water partition coefficient (Wildman–Crippen LogP) is 6.49. The number of nitrogens with one attached hydrogen (secondary N) is 1. The topological polar surface area (TPSA) is 30.5 Å². The Labute approximate surface area is 178 Å². The van der Waals surface area contributed by atoms with Gasteiger partial charge >= 0.3 is 0 Å². The number of hydrogen-bond acceptors (Lipinski definition) is 4. The Morgan fingerprint density at radius 2 is 1.68 bits per heavy atom. The van der Waals surface area contributed by atoms with Crippen molar-refractivity contribution in [2.24, 2.45) is 0 Å². The van der Waals surface area contributed by atoms with Gasteiger partial charge in [0.2, 0.25) is 0 Å². The molecule has 0 aromatic heterocycles. The van der Waals surface area contributed by atoms with Crippen LogP contribution in [0, 0.1) is 0 Å². The lowest BCUT2D eigenvalue weighted by atomic mass is 10.1. The Bertz CT molecular complexity index is 579. The van der Waals surface area contributed by atoms with E-state index < -0.39 is 8.32 Å². The van der Waals surface area contributed by atoms with Gasteiger partial charge in [0.05, 0.1) is 12.7 Å². The Hall–Kier alpha value is -0.493. The molecule has 0 amide bonds. The van der Waals surface area contributed by atoms with Crippen LogP contribution >= 0.6 is 11.8 Å². The van der Waals surface area contributed by atoms with Gasteiger partial charge in [0.15, 0.2) is 8.32 Å². The summed E-state index contributed by atoms with van der Waals surface area (Å²) in [4.78, 5) is 1.32. The molecule has 0 atom stereocenters. The molecule has 160 valence electrons. The van der Waals surface area contributed by atoms with Gasteiger partial charge in [-0.25, -0.2) is 0 Å². The highest BCUT2D eigenvalue weighted by Crippen LogP contribution is 2.50. The fourth-order valence-corrected chi connectivity index (χ4v) is 5.67. The summed E-state index contributed by atoms with van der Waals surface area (Å²) in [5, 5.41) is 3.92. The molecule has 1 aromatic carbocycles. The van der Waals surface area contributed by atoms with Crippen molar-refractivity contribution in [2.45, 2.75) is 87.9 Å². The molecule has 1 aliphatic rings. The molecule has 1 N–H and O–H groups in total. The van der Waals surface area contributed by atoms with Gasteiger partial charge in [0.25, 0.3) is 0 Å². The molecule has 0 aliphatic heterocycles. The molecule has 0 spiro atoms. The van der Waals surface area contributed by atoms with Crippen LogP contribution in [0.3, 0.4) is 0 Å². The second-order valence-electron chi connectivity index (χ2n) is 9.63. The van der Waals surface area contributed by atoms with Crippen LogP contribution in [0.5, 0.6) is 5.75 Å². The molecule has 0 unspecified atom stereocenters. The molecule has 1 aliphatic carbocycles. The maximum absolute atomic E-state index is 6.72. The van der Waals surface area contributed by atoms with Gasteiger partial charge in [-0.3, -0.25) is 0 Å². The van der Waals surface area contributed by atoms with Crippen LogP contribution in [-0.4, -0.2) is 39.9 Å². The standard InChI is InChI=1S/C23H41NO2SSi/c1-22(2,3)28(5,6)26-23(15-16-23)14-7-8-17-24-18-9-19-27-21-12-10-20(25-4)11-13-21/h10-13,24H,7-9,14-19H2,1-6H3. The SMILES string of the molecule is COc1ccc(SCCCNCCCCC2(O[Si](C)(C)C(C)(C)C)CC2)cc1. The average Bonchev–Trinajstić information content (AvgIpc) is 3.38. The van der Waals surface area contributed by atoms with Crippen molar-refractivity contribution in [3.05, 3.63) is 24.3 Å². The van der Waals surface area contributed by atoms with Gasteiger partial charge in [-0.05, 0) is 99.8 Å². The van der Waals surface area contributed by atoms with E-state index in [1.165, 1.54) is 43.4 Å². The molecule has 5 heteroatoms. The monoisotopic (exact) mass is 423 g/mol. The quantitative estimate of drug-likeness (QED) is 0.223. The highest BCUT2D eigenvalue weighted by molar-refractivity contribution is 7.99. The summed E-state index contributed by atoms with van der Waals surface area (Å²) in [5.41, 5.74) is 0.234. The van der Waals surface area contributed by atoms with Crippen molar-refractivity contribution in [3.8, 4) is 5.75 Å². The summed E-state index contributed by atoms with van der Waals surface area (Å²) in [6.45, 7) is 14.0. The van der Waals surface area contributed by atoms with Crippen LogP contribution in [0.25, 0.3) is 0 Å². The fraction of sp³-hybridized carbons (Fsp3) is 0.739. The molecular formula is C23H41NO2SSi. The molecule has 0 saturated heterocycles. The summed E-state index contributed by atoms with van der Waals surface area (Å²) in [6, 6.07) is 8.33. The minimum absolute atomic E-state index is 0.234. The van der Waals surface area contributed by atoms with Crippen LogP contribution in [0.4, 0.5) is 0 Å². The molecule has 2 rings (SSSR count). The van der Waals surface area contributed by atoms with Crippen molar-refractivity contribution in [1.29, 1.82) is 0 Å². The van der Waals surface area contributed by atoms with E-state index in [1.807, 2.05) is 23.9 Å². The first-order chi connectivity index (χ1) is 13.2. The van der Waals surface area contributed by atoms with Gasteiger partial charge in [-0.2, -0.15) is 0 Å². The zero-order valence-electron chi connectivity index (χ0n) is 18.9. The number of benzene rings is 1. The van der Waals surface area contributed by atoms with E-state index in [-0.39, 0.29) is 5.60 Å². The molecule has 28 heavy (non-hydrogen) atoms. The van der Waals surface area contributed by atoms with Gasteiger partial charge in [0, 0.05) is 4.90 Å². The van der Waals surface area contributed by atoms with Gasteiger partial charge < -0.3 is 14.5 Å². The summed E-state index contributed by atoms with van der Waals surface area (Å²) >= 11 is 1.92. The molecule has 1 saturated carbocycles. The normalized spacial score (nSPS) is 16.2. The molecule has 1 fully saturated rings. The van der Waals surface area contributed by atoms with Crippen LogP contribution in [-0.2, 0) is 4.43 Å². The molecule has 3 nitrogen and oxygen atoms in total. The van der Waals surface area contributed by atoms with E-state index >= 15 is 0 Å². The molecule has 1 aromatic rings. The third kappa shape index (κ3) is 7.73. The van der Waals surface area contributed by atoms with E-state index in [0.29, 0.717) is 5.04 Å². The fourth-order valence-electron chi connectivity index (χ4n) is 3.12. The number of unbranched alkanes of at least 4 members (excludes halogenated alkanes) is 1. The summed E-state index contributed by atoms with van der Waals surface area (Å²) in [6.07, 6.45) is 7.53. The van der Waals surface area contributed by atoms with E-state index in [1.54, 1.807) is 7.11 Å². The van der Waals surface area contributed by atoms with Crippen LogP contribution in [0.15, 0.2) is 29.2 Å². The van der Waals surface area contributed by atoms with Crippen molar-refractivity contribution in [2.75, 3.05) is 26.0 Å². The lowest BCUT2D eigenvalue weighted by Gasteiger charge is -2.39. The minimum atomic E-state index is -1.63. The van der Waals surface area contributed by atoms with Crippen molar-refractivity contribution >= 4 is 20.1 Å². The number of hydrogen-bond donors (Lipinski definition) is 1. The first-order valence-electron chi connectivity index (χ1n) is 10.9. The second kappa shape index (κ2) is 10.5. The van der Waals surface area contributed by atoms with Crippen molar-refractivity contribution < 1.29 is 9.16 Å². The smallest absolute Gasteiger partial charge is 0.192 e. The van der Waals surface area contributed by atoms with Crippen molar-refractivity contribution in [1.82, 2.24) is 5.32 Å². The maximum Gasteiger partial charge on any atom is 0.192 e. The first kappa shape index (κ1) is 23.8. The zero-order valence-corrected chi connectivity index (χ0v) is 20.7. The second-order valence-corrected chi connectivity index (χ2v) is 15.5. The van der Waals surface area contributed by atoms with Crippen LogP contribution < -0.4 is 10.1 Å². The summed E-state index contributed by atoms with van der Waals surface area (Å²) in [5.74, 6) is 2.08. The third-order valence-electron chi connectivity index (χ3n) is 6.15. The first-order valence-corrected chi connectivity index (χ1v) is 14.7. The lowest BCUT2D eigenvalue weighted by molar-refractivity contribution is 0.144. The third-order valence-corrected chi connectivity index (χ3v) is 11.8. The summed E-state index contributed by atoms with van der Waals surface area (Å²) < 4.78 is 11.9. The number of methoxy groups -OCH3 is 1. The van der Waals surface area contributed by atoms with Crippen LogP contribution in [0.2, 0.25) is 18.1 Å². The van der Waals surface area contributed by atoms with Gasteiger partial charge in [-0.15, -0.1) is 11.8 Å². The lowest BCUT2D eigenvalue weighted by Crippen LogP contribution is -2.44. The van der Waals surface area contributed by atoms with E-state index in [9.17, 15) is 0 Å². The van der Waals surface area contributed by atoms with Gasteiger partial charge in [0.1, 0.15) is 5.75 Å². The van der Waals surface area contributed by atoms with Crippen molar-refractivity contribution in [3.63, 3.8) is 0 Å². The maximum atomic E-state index is 6.72. The molecule has 0 radical (unpaired) electrons. The largest absolute Gasteiger partial charge is 0.497 e. The molecular weight excluding hydrogens is 382 g/mol. The Morgan fingerprint density at radius 3 is 2.25 bits per heavy atom. The van der Waals surface area contributed by atoms with E-state index in [2.05, 4.69) is 51.3 Å². The molecule has 0 heterocycles. The van der Waals surface area contributed by atoms with Gasteiger partial charge in [-0.1, -0.05) is 20.8 Å². The summed E-state index contributed by atoms with van der Waals surface area (Å²) in [7, 11) is 0.0815. The Kier molecular flexibility index (Phi) is 8.93. The molecule has 0 bridgehead atoms. The van der Waals surface area contributed by atoms with E-state index in [0.717, 1.165) is 24.6 Å². The highest BCUT2D eigenvalue weighted by atomic mass is 32.2. The highest BCUT2D eigenvalue weighted by Gasteiger charge is 2.50.